The van der Waals surface area contributed by atoms with Crippen LogP contribution >= 0.6 is 0 Å². The van der Waals surface area contributed by atoms with E-state index in [1.54, 1.807) is 18.6 Å². The van der Waals surface area contributed by atoms with Gasteiger partial charge in [0.2, 0.25) is 0 Å². The Bertz CT molecular complexity index is 304. The summed E-state index contributed by atoms with van der Waals surface area (Å²) in [5, 5.41) is 9.60. The van der Waals surface area contributed by atoms with Crippen molar-refractivity contribution in [2.45, 2.75) is 31.9 Å². The number of likely N-dealkylation sites (tertiary alicyclic amines) is 1. The van der Waals surface area contributed by atoms with Gasteiger partial charge in [-0.05, 0) is 26.3 Å². The Labute approximate surface area is 90.0 Å². The van der Waals surface area contributed by atoms with Crippen LogP contribution in [0.2, 0.25) is 0 Å². The van der Waals surface area contributed by atoms with E-state index in [2.05, 4.69) is 21.8 Å². The Kier molecular flexibility index (Phi) is 3.28. The van der Waals surface area contributed by atoms with Crippen LogP contribution in [0.4, 0.5) is 0 Å². The van der Waals surface area contributed by atoms with Gasteiger partial charge in [0.05, 0.1) is 17.8 Å². The average molecular weight is 207 g/mol. The molecule has 1 unspecified atom stereocenters. The van der Waals surface area contributed by atoms with E-state index in [0.717, 1.165) is 31.6 Å². The van der Waals surface area contributed by atoms with Gasteiger partial charge in [-0.25, -0.2) is 0 Å². The lowest BCUT2D eigenvalue weighted by Gasteiger charge is -2.34. The Balaban J connectivity index is 2.04. The second-order valence-electron chi connectivity index (χ2n) is 4.10. The number of aliphatic hydroxyl groups is 1. The van der Waals surface area contributed by atoms with E-state index >= 15 is 0 Å². The predicted molar refractivity (Wildman–Crippen MR) is 57.3 cm³/mol. The van der Waals surface area contributed by atoms with Crippen LogP contribution in [0.5, 0.6) is 0 Å². The lowest BCUT2D eigenvalue weighted by molar-refractivity contribution is 0.0493. The van der Waals surface area contributed by atoms with Gasteiger partial charge in [-0.1, -0.05) is 0 Å². The van der Waals surface area contributed by atoms with E-state index in [1.165, 1.54) is 0 Å². The fourth-order valence-electron chi connectivity index (χ4n) is 2.05. The summed E-state index contributed by atoms with van der Waals surface area (Å²) in [6.45, 7) is 3.90. The van der Waals surface area contributed by atoms with Gasteiger partial charge in [0.1, 0.15) is 0 Å². The van der Waals surface area contributed by atoms with E-state index in [-0.39, 0.29) is 12.1 Å². The Morgan fingerprint density at radius 1 is 1.53 bits per heavy atom. The van der Waals surface area contributed by atoms with Crippen molar-refractivity contribution in [1.82, 2.24) is 14.9 Å². The lowest BCUT2D eigenvalue weighted by Crippen LogP contribution is -2.39. The minimum Gasteiger partial charge on any atom is -0.392 e. The SMILES string of the molecule is CC(c1cnccn1)N1CCC[C@H](O)C1. The van der Waals surface area contributed by atoms with Crippen LogP contribution in [-0.2, 0) is 0 Å². The number of rotatable bonds is 2. The van der Waals surface area contributed by atoms with Crippen molar-refractivity contribution in [3.8, 4) is 0 Å². The normalized spacial score (nSPS) is 25.1. The van der Waals surface area contributed by atoms with Crippen LogP contribution in [0.3, 0.4) is 0 Å². The first kappa shape index (κ1) is 10.5. The third-order valence-corrected chi connectivity index (χ3v) is 2.99. The minimum absolute atomic E-state index is 0.183. The summed E-state index contributed by atoms with van der Waals surface area (Å²) >= 11 is 0. The summed E-state index contributed by atoms with van der Waals surface area (Å²) in [6.07, 6.45) is 6.99. The molecule has 2 atom stereocenters. The highest BCUT2D eigenvalue weighted by molar-refractivity contribution is 5.01. The Morgan fingerprint density at radius 2 is 2.40 bits per heavy atom. The molecular weight excluding hydrogens is 190 g/mol. The van der Waals surface area contributed by atoms with Gasteiger partial charge in [-0.3, -0.25) is 14.9 Å². The third-order valence-electron chi connectivity index (χ3n) is 2.99. The second-order valence-corrected chi connectivity index (χ2v) is 4.10. The van der Waals surface area contributed by atoms with E-state index in [4.69, 9.17) is 0 Å². The molecule has 1 fully saturated rings. The van der Waals surface area contributed by atoms with Gasteiger partial charge in [-0.2, -0.15) is 0 Å². The highest BCUT2D eigenvalue weighted by Gasteiger charge is 2.23. The first-order chi connectivity index (χ1) is 7.27. The van der Waals surface area contributed by atoms with Crippen molar-refractivity contribution in [3.63, 3.8) is 0 Å². The zero-order valence-electron chi connectivity index (χ0n) is 9.00. The summed E-state index contributed by atoms with van der Waals surface area (Å²) in [5.41, 5.74) is 0.978. The molecule has 4 heteroatoms. The molecule has 0 saturated carbocycles. The van der Waals surface area contributed by atoms with Crippen molar-refractivity contribution >= 4 is 0 Å². The van der Waals surface area contributed by atoms with E-state index in [1.807, 2.05) is 0 Å². The quantitative estimate of drug-likeness (QED) is 0.786. The van der Waals surface area contributed by atoms with Crippen molar-refractivity contribution in [1.29, 1.82) is 0 Å². The summed E-state index contributed by atoms with van der Waals surface area (Å²) in [6, 6.07) is 0.244. The van der Waals surface area contributed by atoms with E-state index < -0.39 is 0 Å². The molecule has 1 saturated heterocycles. The molecule has 0 aliphatic carbocycles. The van der Waals surface area contributed by atoms with Crippen molar-refractivity contribution < 1.29 is 5.11 Å². The van der Waals surface area contributed by atoms with E-state index in [0.29, 0.717) is 0 Å². The number of hydrogen-bond donors (Lipinski definition) is 1. The number of hydrogen-bond acceptors (Lipinski definition) is 4. The lowest BCUT2D eigenvalue weighted by atomic mass is 10.1. The average Bonchev–Trinajstić information content (AvgIpc) is 2.29. The maximum atomic E-state index is 9.60. The number of aromatic nitrogens is 2. The predicted octanol–water partition coefficient (Wildman–Crippen LogP) is 0.994. The zero-order valence-corrected chi connectivity index (χ0v) is 9.00. The molecule has 0 spiro atoms. The molecule has 1 aromatic heterocycles. The summed E-state index contributed by atoms with van der Waals surface area (Å²) in [7, 11) is 0. The van der Waals surface area contributed by atoms with Crippen LogP contribution in [0.25, 0.3) is 0 Å². The second kappa shape index (κ2) is 4.68. The fraction of sp³-hybridized carbons (Fsp3) is 0.636. The topological polar surface area (TPSA) is 49.2 Å². The maximum absolute atomic E-state index is 9.60. The molecular formula is C11H17N3O. The molecule has 0 radical (unpaired) electrons. The van der Waals surface area contributed by atoms with Crippen molar-refractivity contribution in [2.24, 2.45) is 0 Å². The molecule has 2 rings (SSSR count). The summed E-state index contributed by atoms with van der Waals surface area (Å²) in [5.74, 6) is 0. The fourth-order valence-corrected chi connectivity index (χ4v) is 2.05. The van der Waals surface area contributed by atoms with Gasteiger partial charge < -0.3 is 5.11 Å². The largest absolute Gasteiger partial charge is 0.392 e. The van der Waals surface area contributed by atoms with Gasteiger partial charge in [-0.15, -0.1) is 0 Å². The molecule has 4 nitrogen and oxygen atoms in total. The number of piperidine rings is 1. The van der Waals surface area contributed by atoms with E-state index in [9.17, 15) is 5.11 Å². The first-order valence-electron chi connectivity index (χ1n) is 5.45. The van der Waals surface area contributed by atoms with Crippen LogP contribution in [0, 0.1) is 0 Å². The minimum atomic E-state index is -0.183. The first-order valence-corrected chi connectivity index (χ1v) is 5.45. The molecule has 2 heterocycles. The molecule has 1 aliphatic rings. The standard InChI is InChI=1S/C11H17N3O/c1-9(11-7-12-4-5-13-11)14-6-2-3-10(15)8-14/h4-5,7,9-10,15H,2-3,6,8H2,1H3/t9?,10-/m0/s1. The van der Waals surface area contributed by atoms with Crippen molar-refractivity contribution in [3.05, 3.63) is 24.3 Å². The summed E-state index contributed by atoms with van der Waals surface area (Å²) in [4.78, 5) is 10.6. The Morgan fingerprint density at radius 3 is 3.07 bits per heavy atom. The van der Waals surface area contributed by atoms with Crippen molar-refractivity contribution in [2.75, 3.05) is 13.1 Å². The molecule has 82 valence electrons. The summed E-state index contributed by atoms with van der Waals surface area (Å²) < 4.78 is 0. The molecule has 1 aromatic rings. The van der Waals surface area contributed by atoms with Gasteiger partial charge in [0.25, 0.3) is 0 Å². The number of β-amino-alcohol motifs (C(OH)–C–C–N with tert-alkyl or cyclic N) is 1. The molecule has 0 bridgehead atoms. The number of aliphatic hydroxyl groups excluding tert-OH is 1. The van der Waals surface area contributed by atoms with Gasteiger partial charge in [0.15, 0.2) is 0 Å². The van der Waals surface area contributed by atoms with Crippen LogP contribution in [0.15, 0.2) is 18.6 Å². The maximum Gasteiger partial charge on any atom is 0.0755 e. The Hall–Kier alpha value is -1.00. The molecule has 0 aromatic carbocycles. The molecule has 1 aliphatic heterocycles. The van der Waals surface area contributed by atoms with Gasteiger partial charge >= 0.3 is 0 Å². The monoisotopic (exact) mass is 207 g/mol. The highest BCUT2D eigenvalue weighted by Crippen LogP contribution is 2.21. The molecule has 0 amide bonds. The van der Waals surface area contributed by atoms with Crippen LogP contribution in [-0.4, -0.2) is 39.2 Å². The van der Waals surface area contributed by atoms with Crippen LogP contribution < -0.4 is 0 Å². The molecule has 15 heavy (non-hydrogen) atoms. The highest BCUT2D eigenvalue weighted by atomic mass is 16.3. The smallest absolute Gasteiger partial charge is 0.0755 e. The number of nitrogens with zero attached hydrogens (tertiary/aromatic N) is 3. The van der Waals surface area contributed by atoms with Crippen LogP contribution in [0.1, 0.15) is 31.5 Å². The molecule has 1 N–H and O–H groups in total. The van der Waals surface area contributed by atoms with Gasteiger partial charge in [0, 0.05) is 25.1 Å². The third kappa shape index (κ3) is 2.52. The zero-order chi connectivity index (χ0) is 10.7.